The van der Waals surface area contributed by atoms with Crippen LogP contribution in [0.1, 0.15) is 188 Å². The highest BCUT2D eigenvalue weighted by Gasteiger charge is 2.28. The molecule has 0 radical (unpaired) electrons. The Bertz CT molecular complexity index is 995. The SMILES string of the molecule is CCCCCC=CCC=CCCCCCCCC(=O)OCC(COC(=O)CCC(OCCCCCCCC)OCCCCCCCC)COC(=O)OC1CN(C)C1. The molecule has 57 heavy (non-hydrogen) atoms. The van der Waals surface area contributed by atoms with E-state index in [4.69, 9.17) is 28.4 Å². The molecule has 10 nitrogen and oxygen atoms in total. The molecule has 0 aromatic carbocycles. The molecule has 0 amide bonds. The molecule has 0 aromatic rings. The third-order valence-corrected chi connectivity index (χ3v) is 10.2. The maximum absolute atomic E-state index is 12.9. The van der Waals surface area contributed by atoms with Crippen LogP contribution in [0.25, 0.3) is 0 Å². The summed E-state index contributed by atoms with van der Waals surface area (Å²) in [5.74, 6) is -1.21. The molecule has 1 unspecified atom stereocenters. The average molecular weight is 808 g/mol. The first-order chi connectivity index (χ1) is 27.9. The number of hydrogen-bond donors (Lipinski definition) is 0. The molecule has 1 rings (SSSR count). The van der Waals surface area contributed by atoms with Crippen LogP contribution in [0.2, 0.25) is 0 Å². The van der Waals surface area contributed by atoms with E-state index in [9.17, 15) is 14.4 Å². The normalized spacial score (nSPS) is 14.1. The summed E-state index contributed by atoms with van der Waals surface area (Å²) in [7, 11) is 1.95. The summed E-state index contributed by atoms with van der Waals surface area (Å²) in [4.78, 5) is 39.8. The summed E-state index contributed by atoms with van der Waals surface area (Å²) in [6.07, 6.45) is 34.8. The van der Waals surface area contributed by atoms with Crippen molar-refractivity contribution >= 4 is 18.1 Å². The maximum Gasteiger partial charge on any atom is 0.508 e. The van der Waals surface area contributed by atoms with E-state index < -0.39 is 24.3 Å². The quantitative estimate of drug-likeness (QED) is 0.0195. The van der Waals surface area contributed by atoms with Crippen LogP contribution in [0.4, 0.5) is 4.79 Å². The first-order valence-electron chi connectivity index (χ1n) is 23.2. The zero-order valence-electron chi connectivity index (χ0n) is 37.0. The van der Waals surface area contributed by atoms with Gasteiger partial charge in [0.25, 0.3) is 0 Å². The highest BCUT2D eigenvalue weighted by molar-refractivity contribution is 5.69. The molecule has 0 spiro atoms. The number of carbonyl (C=O) groups excluding carboxylic acids is 3. The van der Waals surface area contributed by atoms with E-state index in [0.29, 0.717) is 39.1 Å². The van der Waals surface area contributed by atoms with Crippen LogP contribution in [0, 0.1) is 5.92 Å². The summed E-state index contributed by atoms with van der Waals surface area (Å²) in [5, 5.41) is 0. The smallest absolute Gasteiger partial charge is 0.465 e. The van der Waals surface area contributed by atoms with E-state index >= 15 is 0 Å². The van der Waals surface area contributed by atoms with E-state index in [2.05, 4.69) is 45.1 Å². The molecule has 332 valence electrons. The Morgan fingerprint density at radius 1 is 0.561 bits per heavy atom. The van der Waals surface area contributed by atoms with Crippen molar-refractivity contribution in [1.82, 2.24) is 4.90 Å². The Morgan fingerprint density at radius 3 is 1.58 bits per heavy atom. The number of likely N-dealkylation sites (N-methyl/N-ethyl adjacent to an activating group) is 1. The predicted octanol–water partition coefficient (Wildman–Crippen LogP) is 11.8. The molecule has 10 heteroatoms. The van der Waals surface area contributed by atoms with E-state index in [1.807, 2.05) is 11.9 Å². The Kier molecular flexibility index (Phi) is 36.0. The number of allylic oxidation sites excluding steroid dienone is 4. The highest BCUT2D eigenvalue weighted by atomic mass is 16.7. The van der Waals surface area contributed by atoms with E-state index in [0.717, 1.165) is 70.6 Å². The van der Waals surface area contributed by atoms with Gasteiger partial charge in [-0.25, -0.2) is 4.79 Å². The van der Waals surface area contributed by atoms with E-state index in [1.165, 1.54) is 77.0 Å². The number of nitrogens with zero attached hydrogens (tertiary/aromatic N) is 1. The molecular formula is C47H85NO9. The van der Waals surface area contributed by atoms with Gasteiger partial charge in [0.15, 0.2) is 6.29 Å². The summed E-state index contributed by atoms with van der Waals surface area (Å²) in [5.41, 5.74) is 0. The Balaban J connectivity index is 2.45. The van der Waals surface area contributed by atoms with Crippen molar-refractivity contribution in [1.29, 1.82) is 0 Å². The second kappa shape index (κ2) is 39.1. The van der Waals surface area contributed by atoms with Crippen LogP contribution in [0.15, 0.2) is 24.3 Å². The van der Waals surface area contributed by atoms with E-state index in [-0.39, 0.29) is 38.3 Å². The molecule has 1 heterocycles. The molecule has 0 N–H and O–H groups in total. The van der Waals surface area contributed by atoms with Crippen molar-refractivity contribution in [3.63, 3.8) is 0 Å². The number of likely N-dealkylation sites (tertiary alicyclic amines) is 1. The van der Waals surface area contributed by atoms with Gasteiger partial charge >= 0.3 is 18.1 Å². The van der Waals surface area contributed by atoms with Gasteiger partial charge in [0, 0.05) is 39.1 Å². The molecule has 1 aliphatic rings. The Morgan fingerprint density at radius 2 is 1.02 bits per heavy atom. The molecule has 1 atom stereocenters. The van der Waals surface area contributed by atoms with Gasteiger partial charge in [-0.05, 0) is 58.4 Å². The molecule has 1 aliphatic heterocycles. The molecular weight excluding hydrogens is 723 g/mol. The Hall–Kier alpha value is -2.43. The lowest BCUT2D eigenvalue weighted by molar-refractivity contribution is -0.161. The second-order valence-corrected chi connectivity index (χ2v) is 16.0. The summed E-state index contributed by atoms with van der Waals surface area (Å²) in [6, 6.07) is 0. The number of carbonyl (C=O) groups is 3. The fourth-order valence-corrected chi connectivity index (χ4v) is 6.51. The number of unbranched alkanes of at least 4 members (excludes halogenated alkanes) is 18. The summed E-state index contributed by atoms with van der Waals surface area (Å²) >= 11 is 0. The van der Waals surface area contributed by atoms with Gasteiger partial charge in [-0.2, -0.15) is 0 Å². The van der Waals surface area contributed by atoms with Crippen molar-refractivity contribution in [3.8, 4) is 0 Å². The van der Waals surface area contributed by atoms with Crippen LogP contribution < -0.4 is 0 Å². The topological polar surface area (TPSA) is 110 Å². The predicted molar refractivity (Wildman–Crippen MR) is 230 cm³/mol. The minimum absolute atomic E-state index is 0.0167. The third-order valence-electron chi connectivity index (χ3n) is 10.2. The van der Waals surface area contributed by atoms with Gasteiger partial charge in [-0.15, -0.1) is 0 Å². The summed E-state index contributed by atoms with van der Waals surface area (Å²) in [6.45, 7) is 9.05. The van der Waals surface area contributed by atoms with Crippen molar-refractivity contribution in [2.24, 2.45) is 5.92 Å². The second-order valence-electron chi connectivity index (χ2n) is 16.0. The van der Waals surface area contributed by atoms with Gasteiger partial charge in [0.05, 0.1) is 12.3 Å². The van der Waals surface area contributed by atoms with Crippen molar-refractivity contribution in [2.75, 3.05) is 53.2 Å². The minimum Gasteiger partial charge on any atom is -0.465 e. The number of ether oxygens (including phenoxy) is 6. The van der Waals surface area contributed by atoms with Gasteiger partial charge in [0.1, 0.15) is 25.9 Å². The monoisotopic (exact) mass is 808 g/mol. The molecule has 1 saturated heterocycles. The Labute approximate surface area is 348 Å². The fourth-order valence-electron chi connectivity index (χ4n) is 6.51. The summed E-state index contributed by atoms with van der Waals surface area (Å²) < 4.78 is 34.0. The largest absolute Gasteiger partial charge is 0.508 e. The fraction of sp³-hybridized carbons (Fsp3) is 0.851. The van der Waals surface area contributed by atoms with Crippen LogP contribution >= 0.6 is 0 Å². The van der Waals surface area contributed by atoms with Crippen LogP contribution in [0.5, 0.6) is 0 Å². The molecule has 0 bridgehead atoms. The minimum atomic E-state index is -0.770. The zero-order chi connectivity index (χ0) is 41.4. The van der Waals surface area contributed by atoms with Crippen molar-refractivity contribution < 1.29 is 42.8 Å². The van der Waals surface area contributed by atoms with Gasteiger partial charge in [-0.1, -0.05) is 141 Å². The van der Waals surface area contributed by atoms with Crippen LogP contribution in [0.3, 0.4) is 0 Å². The van der Waals surface area contributed by atoms with E-state index in [1.54, 1.807) is 0 Å². The number of rotatable bonds is 40. The standard InChI is InChI=1S/C47H85NO9/c1-5-8-11-14-17-18-19-20-21-22-23-24-25-26-29-32-44(49)54-39-42(41-56-47(51)57-43-37-48(4)38-43)40-55-45(50)33-34-46(52-35-30-27-15-12-9-6-2)53-36-31-28-16-13-10-7-3/h17-18,20-21,42-43,46H,5-16,19,22-41H2,1-4H3. The molecule has 0 aliphatic carbocycles. The molecule has 0 aromatic heterocycles. The highest BCUT2D eigenvalue weighted by Crippen LogP contribution is 2.15. The third kappa shape index (κ3) is 34.2. The lowest BCUT2D eigenvalue weighted by Crippen LogP contribution is -2.50. The van der Waals surface area contributed by atoms with Crippen molar-refractivity contribution in [2.45, 2.75) is 200 Å². The first kappa shape index (κ1) is 52.6. The average Bonchev–Trinajstić information content (AvgIpc) is 3.19. The van der Waals surface area contributed by atoms with Gasteiger partial charge < -0.3 is 28.4 Å². The van der Waals surface area contributed by atoms with Crippen LogP contribution in [-0.2, 0) is 38.0 Å². The molecule has 1 fully saturated rings. The first-order valence-corrected chi connectivity index (χ1v) is 23.2. The zero-order valence-corrected chi connectivity index (χ0v) is 37.0. The lowest BCUT2D eigenvalue weighted by atomic mass is 10.1. The van der Waals surface area contributed by atoms with Crippen LogP contribution in [-0.4, -0.2) is 88.6 Å². The number of esters is 2. The number of hydrogen-bond acceptors (Lipinski definition) is 10. The van der Waals surface area contributed by atoms with Gasteiger partial charge in [-0.3, -0.25) is 14.5 Å². The van der Waals surface area contributed by atoms with Gasteiger partial charge in [0.2, 0.25) is 0 Å². The molecule has 0 saturated carbocycles. The van der Waals surface area contributed by atoms with Crippen molar-refractivity contribution in [3.05, 3.63) is 24.3 Å². The lowest BCUT2D eigenvalue weighted by Gasteiger charge is -2.34. The maximum atomic E-state index is 12.9.